The summed E-state index contributed by atoms with van der Waals surface area (Å²) in [5.41, 5.74) is 0.783. The zero-order chi connectivity index (χ0) is 18.0. The second-order valence-corrected chi connectivity index (χ2v) is 8.53. The highest BCUT2D eigenvalue weighted by atomic mass is 32.1. The van der Waals surface area contributed by atoms with Gasteiger partial charge in [-0.3, -0.25) is 14.5 Å². The Morgan fingerprint density at radius 3 is 2.64 bits per heavy atom. The van der Waals surface area contributed by atoms with E-state index in [0.717, 1.165) is 49.7 Å². The van der Waals surface area contributed by atoms with E-state index in [2.05, 4.69) is 29.4 Å². The number of rotatable bonds is 6. The number of carbonyl (C=O) groups is 2. The van der Waals surface area contributed by atoms with Crippen LogP contribution in [0.25, 0.3) is 0 Å². The number of nitrogens with zero attached hydrogens (tertiary/aromatic N) is 1. The molecule has 0 radical (unpaired) electrons. The quantitative estimate of drug-likeness (QED) is 0.811. The standard InChI is InChI=1S/C18H27N3O3S/c1-12-10-14(20-16(22)13-4-5-13)25-15(12)17(23)19-11-18(2,3)21-6-8-24-9-7-21/h10,13H,4-9,11H2,1-3H3,(H,19,23)(H,20,22). The van der Waals surface area contributed by atoms with Gasteiger partial charge < -0.3 is 15.4 Å². The summed E-state index contributed by atoms with van der Waals surface area (Å²) in [6.07, 6.45) is 1.94. The Morgan fingerprint density at radius 2 is 2.00 bits per heavy atom. The molecule has 0 unspecified atom stereocenters. The van der Waals surface area contributed by atoms with Crippen LogP contribution in [-0.4, -0.2) is 55.1 Å². The van der Waals surface area contributed by atoms with Crippen LogP contribution in [0.15, 0.2) is 6.07 Å². The van der Waals surface area contributed by atoms with Crippen molar-refractivity contribution >= 4 is 28.2 Å². The largest absolute Gasteiger partial charge is 0.379 e. The van der Waals surface area contributed by atoms with Crippen LogP contribution in [-0.2, 0) is 9.53 Å². The number of anilines is 1. The molecule has 3 rings (SSSR count). The summed E-state index contributed by atoms with van der Waals surface area (Å²) in [5, 5.41) is 6.73. The lowest BCUT2D eigenvalue weighted by Crippen LogP contribution is -2.55. The van der Waals surface area contributed by atoms with E-state index >= 15 is 0 Å². The third-order valence-electron chi connectivity index (χ3n) is 4.87. The second kappa shape index (κ2) is 7.43. The molecule has 1 aliphatic heterocycles. The van der Waals surface area contributed by atoms with Crippen LogP contribution in [0.5, 0.6) is 0 Å². The van der Waals surface area contributed by atoms with Gasteiger partial charge in [-0.15, -0.1) is 11.3 Å². The first-order chi connectivity index (χ1) is 11.9. The SMILES string of the molecule is Cc1cc(NC(=O)C2CC2)sc1C(=O)NCC(C)(C)N1CCOCC1. The summed E-state index contributed by atoms with van der Waals surface area (Å²) < 4.78 is 5.40. The van der Waals surface area contributed by atoms with Crippen molar-refractivity contribution in [1.29, 1.82) is 0 Å². The van der Waals surface area contributed by atoms with Gasteiger partial charge in [-0.25, -0.2) is 0 Å². The monoisotopic (exact) mass is 365 g/mol. The van der Waals surface area contributed by atoms with E-state index in [1.54, 1.807) is 0 Å². The first-order valence-corrected chi connectivity index (χ1v) is 9.71. The molecule has 138 valence electrons. The molecule has 1 aromatic rings. The number of carbonyl (C=O) groups excluding carboxylic acids is 2. The topological polar surface area (TPSA) is 70.7 Å². The second-order valence-electron chi connectivity index (χ2n) is 7.48. The van der Waals surface area contributed by atoms with Crippen LogP contribution in [0.1, 0.15) is 41.9 Å². The number of nitrogens with one attached hydrogen (secondary N) is 2. The Kier molecular flexibility index (Phi) is 5.46. The normalized spacial score (nSPS) is 18.8. The highest BCUT2D eigenvalue weighted by Gasteiger charge is 2.31. The first-order valence-electron chi connectivity index (χ1n) is 8.89. The van der Waals surface area contributed by atoms with Gasteiger partial charge in [-0.1, -0.05) is 0 Å². The van der Waals surface area contributed by atoms with Gasteiger partial charge in [0.25, 0.3) is 5.91 Å². The molecule has 1 saturated carbocycles. The van der Waals surface area contributed by atoms with Crippen LogP contribution in [0.2, 0.25) is 0 Å². The summed E-state index contributed by atoms with van der Waals surface area (Å²) in [6.45, 7) is 10.0. The van der Waals surface area contributed by atoms with Crippen LogP contribution < -0.4 is 10.6 Å². The maximum atomic E-state index is 12.6. The number of amides is 2. The Morgan fingerprint density at radius 1 is 1.32 bits per heavy atom. The van der Waals surface area contributed by atoms with Crippen molar-refractivity contribution in [3.8, 4) is 0 Å². The van der Waals surface area contributed by atoms with Crippen molar-refractivity contribution in [3.05, 3.63) is 16.5 Å². The van der Waals surface area contributed by atoms with Crippen LogP contribution in [0.4, 0.5) is 5.00 Å². The molecule has 0 spiro atoms. The summed E-state index contributed by atoms with van der Waals surface area (Å²) in [4.78, 5) is 27.5. The molecule has 2 N–H and O–H groups in total. The van der Waals surface area contributed by atoms with Crippen molar-refractivity contribution < 1.29 is 14.3 Å². The van der Waals surface area contributed by atoms with Gasteiger partial charge in [0.2, 0.25) is 5.91 Å². The van der Waals surface area contributed by atoms with E-state index in [1.165, 1.54) is 11.3 Å². The molecule has 2 amide bonds. The van der Waals surface area contributed by atoms with E-state index in [0.29, 0.717) is 11.4 Å². The molecule has 1 saturated heterocycles. The molecule has 2 fully saturated rings. The highest BCUT2D eigenvalue weighted by Crippen LogP contribution is 2.32. The molecular formula is C18H27N3O3S. The van der Waals surface area contributed by atoms with Gasteiger partial charge >= 0.3 is 0 Å². The maximum absolute atomic E-state index is 12.6. The van der Waals surface area contributed by atoms with Gasteiger partial charge in [0.15, 0.2) is 0 Å². The number of thiophene rings is 1. The number of ether oxygens (including phenoxy) is 1. The summed E-state index contributed by atoms with van der Waals surface area (Å²) in [6, 6.07) is 1.88. The molecular weight excluding hydrogens is 338 g/mol. The maximum Gasteiger partial charge on any atom is 0.261 e. The molecule has 6 nitrogen and oxygen atoms in total. The number of hydrogen-bond acceptors (Lipinski definition) is 5. The van der Waals surface area contributed by atoms with Gasteiger partial charge in [0.1, 0.15) is 0 Å². The lowest BCUT2D eigenvalue weighted by Gasteiger charge is -2.40. The fourth-order valence-corrected chi connectivity index (χ4v) is 3.99. The van der Waals surface area contributed by atoms with E-state index < -0.39 is 0 Å². The predicted molar refractivity (Wildman–Crippen MR) is 99.2 cm³/mol. The first kappa shape index (κ1) is 18.4. The van der Waals surface area contributed by atoms with Gasteiger partial charge in [0, 0.05) is 31.1 Å². The minimum atomic E-state index is -0.117. The van der Waals surface area contributed by atoms with Crippen molar-refractivity contribution in [2.45, 2.75) is 39.2 Å². The van der Waals surface area contributed by atoms with E-state index in [9.17, 15) is 9.59 Å². The fourth-order valence-electron chi connectivity index (χ4n) is 3.00. The molecule has 1 aliphatic carbocycles. The highest BCUT2D eigenvalue weighted by molar-refractivity contribution is 7.18. The Balaban J connectivity index is 1.57. The number of hydrogen-bond donors (Lipinski definition) is 2. The Bertz CT molecular complexity index is 646. The third kappa shape index (κ3) is 4.59. The summed E-state index contributed by atoms with van der Waals surface area (Å²) in [7, 11) is 0. The molecule has 2 aliphatic rings. The Hall–Kier alpha value is -1.44. The minimum Gasteiger partial charge on any atom is -0.379 e. The molecule has 0 bridgehead atoms. The molecule has 25 heavy (non-hydrogen) atoms. The summed E-state index contributed by atoms with van der Waals surface area (Å²) >= 11 is 1.35. The molecule has 7 heteroatoms. The molecule has 0 atom stereocenters. The minimum absolute atomic E-state index is 0.0710. The van der Waals surface area contributed by atoms with Crippen LogP contribution in [0.3, 0.4) is 0 Å². The van der Waals surface area contributed by atoms with E-state index in [1.807, 2.05) is 13.0 Å². The average Bonchev–Trinajstić information content (AvgIpc) is 3.38. The molecule has 2 heterocycles. The number of aryl methyl sites for hydroxylation is 1. The number of morpholine rings is 1. The van der Waals surface area contributed by atoms with Crippen molar-refractivity contribution in [2.75, 3.05) is 38.2 Å². The van der Waals surface area contributed by atoms with Crippen molar-refractivity contribution in [1.82, 2.24) is 10.2 Å². The molecule has 0 aromatic carbocycles. The lowest BCUT2D eigenvalue weighted by atomic mass is 10.0. The summed E-state index contributed by atoms with van der Waals surface area (Å²) in [5.74, 6) is 0.159. The van der Waals surface area contributed by atoms with E-state index in [4.69, 9.17) is 4.74 Å². The van der Waals surface area contributed by atoms with E-state index in [-0.39, 0.29) is 23.3 Å². The molecule has 1 aromatic heterocycles. The van der Waals surface area contributed by atoms with Gasteiger partial charge in [-0.2, -0.15) is 0 Å². The van der Waals surface area contributed by atoms with Crippen molar-refractivity contribution in [2.24, 2.45) is 5.92 Å². The Labute approximate surface area is 152 Å². The predicted octanol–water partition coefficient (Wildman–Crippen LogP) is 2.25. The van der Waals surface area contributed by atoms with Crippen LogP contribution >= 0.6 is 11.3 Å². The van der Waals surface area contributed by atoms with Crippen LogP contribution in [0, 0.1) is 12.8 Å². The van der Waals surface area contributed by atoms with Gasteiger partial charge in [0.05, 0.1) is 23.1 Å². The third-order valence-corrected chi connectivity index (χ3v) is 6.02. The smallest absolute Gasteiger partial charge is 0.261 e. The van der Waals surface area contributed by atoms with Gasteiger partial charge in [-0.05, 0) is 45.2 Å². The zero-order valence-electron chi connectivity index (χ0n) is 15.2. The fraction of sp³-hybridized carbons (Fsp3) is 0.667. The average molecular weight is 365 g/mol. The lowest BCUT2D eigenvalue weighted by molar-refractivity contribution is -0.117. The zero-order valence-corrected chi connectivity index (χ0v) is 16.0. The van der Waals surface area contributed by atoms with Crippen molar-refractivity contribution in [3.63, 3.8) is 0 Å².